The fourth-order valence-electron chi connectivity index (χ4n) is 3.21. The number of nitro benzene ring substituents is 1. The van der Waals surface area contributed by atoms with E-state index in [2.05, 4.69) is 21.2 Å². The highest BCUT2D eigenvalue weighted by atomic mass is 79.9. The molecule has 0 unspecified atom stereocenters. The van der Waals surface area contributed by atoms with Crippen molar-refractivity contribution in [2.24, 2.45) is 0 Å². The number of rotatable bonds is 5. The normalized spacial score (nSPS) is 11.2. The molecule has 1 aromatic heterocycles. The molecule has 0 spiro atoms. The number of carbonyl (C=O) groups excluding carboxylic acids is 1. The summed E-state index contributed by atoms with van der Waals surface area (Å²) in [6, 6.07) is 12.9. The van der Waals surface area contributed by atoms with Gasteiger partial charge in [-0.3, -0.25) is 14.9 Å². The molecule has 162 valence electrons. The topological polar surface area (TPSA) is 101 Å². The van der Waals surface area contributed by atoms with E-state index in [0.717, 1.165) is 17.1 Å². The number of hydrogen-bond donors (Lipinski definition) is 1. The Bertz CT molecular complexity index is 1310. The van der Waals surface area contributed by atoms with Gasteiger partial charge in [-0.25, -0.2) is 0 Å². The summed E-state index contributed by atoms with van der Waals surface area (Å²) in [5.41, 5.74) is 3.14. The molecule has 1 heterocycles. The zero-order valence-electron chi connectivity index (χ0n) is 16.8. The maximum Gasteiger partial charge on any atom is 0.270 e. The van der Waals surface area contributed by atoms with Gasteiger partial charge in [0.25, 0.3) is 11.6 Å². The molecule has 0 aliphatic rings. The minimum atomic E-state index is -0.641. The molecule has 2 aromatic carbocycles. The molecular weight excluding hydrogens is 519 g/mol. The Balaban J connectivity index is 1.94. The summed E-state index contributed by atoms with van der Waals surface area (Å²) in [7, 11) is 0. The zero-order chi connectivity index (χ0) is 23.6. The average molecular weight is 534 g/mol. The monoisotopic (exact) mass is 532 g/mol. The first-order valence-electron chi connectivity index (χ1n) is 9.13. The van der Waals surface area contributed by atoms with Crippen LogP contribution in [-0.2, 0) is 4.79 Å². The van der Waals surface area contributed by atoms with Crippen LogP contribution >= 0.6 is 39.1 Å². The standard InChI is InChI=1S/C22H15BrCl2N4O3/c1-12-5-14(13(2)28(12)19-8-16(24)7-17(25)9-19)6-15(11-26)22(30)27-21-4-3-18(29(31)32)10-20(21)23/h3-10H,1-2H3,(H,27,30)/b15-6-. The molecule has 0 atom stereocenters. The van der Waals surface area contributed by atoms with Gasteiger partial charge in [-0.1, -0.05) is 23.2 Å². The lowest BCUT2D eigenvalue weighted by molar-refractivity contribution is -0.384. The number of nitro groups is 1. The second-order valence-corrected chi connectivity index (χ2v) is 8.56. The highest BCUT2D eigenvalue weighted by molar-refractivity contribution is 9.10. The predicted molar refractivity (Wildman–Crippen MR) is 128 cm³/mol. The van der Waals surface area contributed by atoms with Crippen LogP contribution in [0.25, 0.3) is 11.8 Å². The summed E-state index contributed by atoms with van der Waals surface area (Å²) in [4.78, 5) is 23.0. The van der Waals surface area contributed by atoms with Crippen molar-refractivity contribution in [2.45, 2.75) is 13.8 Å². The van der Waals surface area contributed by atoms with Gasteiger partial charge in [-0.05, 0) is 71.7 Å². The van der Waals surface area contributed by atoms with Crippen LogP contribution in [0.5, 0.6) is 0 Å². The third-order valence-corrected chi connectivity index (χ3v) is 5.74. The Morgan fingerprint density at radius 2 is 1.84 bits per heavy atom. The smallest absolute Gasteiger partial charge is 0.270 e. The van der Waals surface area contributed by atoms with Gasteiger partial charge in [0.15, 0.2) is 0 Å². The number of aromatic nitrogens is 1. The summed E-state index contributed by atoms with van der Waals surface area (Å²) >= 11 is 15.5. The van der Waals surface area contributed by atoms with Crippen molar-refractivity contribution in [3.63, 3.8) is 0 Å². The van der Waals surface area contributed by atoms with Crippen molar-refractivity contribution in [1.82, 2.24) is 4.57 Å². The first kappa shape index (κ1) is 23.5. The van der Waals surface area contributed by atoms with Gasteiger partial charge < -0.3 is 9.88 Å². The molecule has 0 saturated heterocycles. The third kappa shape index (κ3) is 5.02. The summed E-state index contributed by atoms with van der Waals surface area (Å²) in [5.74, 6) is -0.641. The fraction of sp³-hybridized carbons (Fsp3) is 0.0909. The highest BCUT2D eigenvalue weighted by Crippen LogP contribution is 2.29. The summed E-state index contributed by atoms with van der Waals surface area (Å²) in [5, 5.41) is 24.0. The Hall–Kier alpha value is -3.12. The van der Waals surface area contributed by atoms with E-state index >= 15 is 0 Å². The molecule has 0 aliphatic carbocycles. The molecule has 10 heteroatoms. The number of amides is 1. The SMILES string of the molecule is Cc1cc(/C=C(/C#N)C(=O)Nc2ccc([N+](=O)[O-])cc2Br)c(C)n1-c1cc(Cl)cc(Cl)c1. The Morgan fingerprint density at radius 3 is 2.41 bits per heavy atom. The second-order valence-electron chi connectivity index (χ2n) is 6.83. The average Bonchev–Trinajstić information content (AvgIpc) is 2.99. The summed E-state index contributed by atoms with van der Waals surface area (Å²) < 4.78 is 2.25. The lowest BCUT2D eigenvalue weighted by Crippen LogP contribution is -2.14. The van der Waals surface area contributed by atoms with Crippen molar-refractivity contribution >= 4 is 62.5 Å². The van der Waals surface area contributed by atoms with E-state index < -0.39 is 10.8 Å². The lowest BCUT2D eigenvalue weighted by Gasteiger charge is -2.11. The van der Waals surface area contributed by atoms with Crippen molar-refractivity contribution in [3.05, 3.63) is 89.6 Å². The van der Waals surface area contributed by atoms with Crippen molar-refractivity contribution < 1.29 is 9.72 Å². The molecule has 1 amide bonds. The van der Waals surface area contributed by atoms with Crippen LogP contribution in [0.15, 0.2) is 52.5 Å². The van der Waals surface area contributed by atoms with Crippen LogP contribution in [-0.4, -0.2) is 15.4 Å². The van der Waals surface area contributed by atoms with Gasteiger partial charge in [-0.2, -0.15) is 5.26 Å². The number of carbonyl (C=O) groups is 1. The van der Waals surface area contributed by atoms with Gasteiger partial charge in [0, 0.05) is 43.7 Å². The fourth-order valence-corrected chi connectivity index (χ4v) is 4.19. The van der Waals surface area contributed by atoms with Gasteiger partial charge in [-0.15, -0.1) is 0 Å². The molecule has 0 bridgehead atoms. The predicted octanol–water partition coefficient (Wildman–Crippen LogP) is 6.62. The third-order valence-electron chi connectivity index (χ3n) is 4.65. The molecule has 0 saturated carbocycles. The molecule has 3 rings (SSSR count). The number of anilines is 1. The Kier molecular flexibility index (Phi) is 7.04. The van der Waals surface area contributed by atoms with E-state index in [4.69, 9.17) is 23.2 Å². The van der Waals surface area contributed by atoms with Gasteiger partial charge >= 0.3 is 0 Å². The summed E-state index contributed by atoms with van der Waals surface area (Å²) in [6.07, 6.45) is 1.49. The molecule has 7 nitrogen and oxygen atoms in total. The maximum absolute atomic E-state index is 12.7. The van der Waals surface area contributed by atoms with Crippen molar-refractivity contribution in [3.8, 4) is 11.8 Å². The molecule has 1 N–H and O–H groups in total. The minimum Gasteiger partial charge on any atom is -0.320 e. The largest absolute Gasteiger partial charge is 0.320 e. The van der Waals surface area contributed by atoms with Gasteiger partial charge in [0.2, 0.25) is 0 Å². The molecule has 0 fully saturated rings. The lowest BCUT2D eigenvalue weighted by atomic mass is 10.1. The van der Waals surface area contributed by atoms with E-state index in [1.165, 1.54) is 24.3 Å². The highest BCUT2D eigenvalue weighted by Gasteiger charge is 2.16. The van der Waals surface area contributed by atoms with Crippen molar-refractivity contribution in [2.75, 3.05) is 5.32 Å². The Morgan fingerprint density at radius 1 is 1.19 bits per heavy atom. The van der Waals surface area contributed by atoms with Gasteiger partial charge in [0.05, 0.1) is 10.6 Å². The van der Waals surface area contributed by atoms with Crippen LogP contribution in [0.4, 0.5) is 11.4 Å². The van der Waals surface area contributed by atoms with E-state index in [9.17, 15) is 20.2 Å². The number of nitrogens with zero attached hydrogens (tertiary/aromatic N) is 3. The van der Waals surface area contributed by atoms with Crippen LogP contribution < -0.4 is 5.32 Å². The number of hydrogen-bond acceptors (Lipinski definition) is 4. The first-order chi connectivity index (χ1) is 15.1. The number of nitriles is 1. The Labute approximate surface area is 202 Å². The number of nitrogens with one attached hydrogen (secondary N) is 1. The van der Waals surface area contributed by atoms with E-state index in [1.807, 2.05) is 30.6 Å². The van der Waals surface area contributed by atoms with E-state index in [1.54, 1.807) is 18.2 Å². The summed E-state index contributed by atoms with van der Waals surface area (Å²) in [6.45, 7) is 3.74. The molecule has 32 heavy (non-hydrogen) atoms. The van der Waals surface area contributed by atoms with Crippen molar-refractivity contribution in [1.29, 1.82) is 5.26 Å². The number of non-ortho nitro benzene ring substituents is 1. The molecule has 3 aromatic rings. The van der Waals surface area contributed by atoms with Crippen LogP contribution in [0.2, 0.25) is 10.0 Å². The molecule has 0 aliphatic heterocycles. The molecule has 0 radical (unpaired) electrons. The quantitative estimate of drug-likeness (QED) is 0.172. The number of aryl methyl sites for hydroxylation is 1. The number of benzene rings is 2. The van der Waals surface area contributed by atoms with Crippen LogP contribution in [0.3, 0.4) is 0 Å². The van der Waals surface area contributed by atoms with Gasteiger partial charge in [0.1, 0.15) is 11.6 Å². The molecular formula is C22H15BrCl2N4O3. The second kappa shape index (κ2) is 9.57. The van der Waals surface area contributed by atoms with Crippen LogP contribution in [0, 0.1) is 35.3 Å². The zero-order valence-corrected chi connectivity index (χ0v) is 19.9. The maximum atomic E-state index is 12.7. The van der Waals surface area contributed by atoms with Crippen LogP contribution in [0.1, 0.15) is 17.0 Å². The van der Waals surface area contributed by atoms with E-state index in [-0.39, 0.29) is 11.3 Å². The van der Waals surface area contributed by atoms with E-state index in [0.29, 0.717) is 25.8 Å². The number of halogens is 3. The first-order valence-corrected chi connectivity index (χ1v) is 10.7. The minimum absolute atomic E-state index is 0.125.